The van der Waals surface area contributed by atoms with E-state index in [0.717, 1.165) is 18.4 Å². The molecule has 1 atom stereocenters. The molecule has 1 fully saturated rings. The van der Waals surface area contributed by atoms with Crippen LogP contribution in [0.2, 0.25) is 0 Å². The zero-order chi connectivity index (χ0) is 5.28. The highest BCUT2D eigenvalue weighted by Gasteiger charge is 2.16. The van der Waals surface area contributed by atoms with Crippen LogP contribution in [-0.2, 0) is 0 Å². The maximum atomic E-state index is 12.2. The highest BCUT2D eigenvalue weighted by atomic mass is 19.1. The minimum atomic E-state index is -0.681. The maximum Gasteiger partial charge on any atom is 0.121 e. The van der Waals surface area contributed by atoms with Crippen molar-refractivity contribution >= 4 is 0 Å². The molecule has 0 aromatic carbocycles. The Morgan fingerprint density at radius 2 is 2.43 bits per heavy atom. The third-order valence-corrected chi connectivity index (χ3v) is 1.40. The van der Waals surface area contributed by atoms with Gasteiger partial charge in [0.15, 0.2) is 0 Å². The number of hydrogen-bond acceptors (Lipinski definition) is 0. The van der Waals surface area contributed by atoms with Crippen molar-refractivity contribution < 1.29 is 4.39 Å². The molecule has 0 N–H and O–H groups in total. The van der Waals surface area contributed by atoms with Gasteiger partial charge < -0.3 is 0 Å². The Labute approximate surface area is 43.0 Å². The molecule has 0 saturated heterocycles. The summed E-state index contributed by atoms with van der Waals surface area (Å²) in [5.74, 6) is 0. The van der Waals surface area contributed by atoms with Gasteiger partial charge >= 0.3 is 0 Å². The van der Waals surface area contributed by atoms with Crippen molar-refractivity contribution in [1.29, 1.82) is 0 Å². The first kappa shape index (κ1) is 4.82. The molecule has 1 heteroatoms. The number of hydrogen-bond donors (Lipinski definition) is 0. The van der Waals surface area contributed by atoms with E-state index in [0.29, 0.717) is 6.42 Å². The third-order valence-electron chi connectivity index (χ3n) is 1.40. The van der Waals surface area contributed by atoms with Crippen LogP contribution in [0.3, 0.4) is 0 Å². The van der Waals surface area contributed by atoms with Crippen LogP contribution < -0.4 is 0 Å². The molecule has 0 aromatic heterocycles. The van der Waals surface area contributed by atoms with Gasteiger partial charge in [0.25, 0.3) is 0 Å². The molecule has 0 heterocycles. The standard InChI is InChI=1S/C6H9F/c1-5-3-2-4-6(5)7/h6H,1-4H2. The van der Waals surface area contributed by atoms with E-state index in [1.54, 1.807) is 0 Å². The van der Waals surface area contributed by atoms with Crippen molar-refractivity contribution in [2.24, 2.45) is 0 Å². The van der Waals surface area contributed by atoms with E-state index >= 15 is 0 Å². The van der Waals surface area contributed by atoms with Gasteiger partial charge in [-0.1, -0.05) is 6.58 Å². The molecule has 1 aliphatic carbocycles. The van der Waals surface area contributed by atoms with Crippen LogP contribution >= 0.6 is 0 Å². The van der Waals surface area contributed by atoms with Crippen LogP contribution in [0.1, 0.15) is 19.3 Å². The second-order valence-corrected chi connectivity index (χ2v) is 2.02. The first-order valence-corrected chi connectivity index (χ1v) is 2.62. The predicted molar refractivity (Wildman–Crippen MR) is 27.9 cm³/mol. The van der Waals surface area contributed by atoms with Crippen molar-refractivity contribution in [3.63, 3.8) is 0 Å². The van der Waals surface area contributed by atoms with Crippen molar-refractivity contribution in [2.45, 2.75) is 25.4 Å². The smallest absolute Gasteiger partial charge is 0.121 e. The van der Waals surface area contributed by atoms with E-state index in [9.17, 15) is 4.39 Å². The van der Waals surface area contributed by atoms with Crippen molar-refractivity contribution in [1.82, 2.24) is 0 Å². The van der Waals surface area contributed by atoms with Crippen LogP contribution in [-0.4, -0.2) is 6.17 Å². The average Bonchev–Trinajstić information content (AvgIpc) is 1.91. The fraction of sp³-hybridized carbons (Fsp3) is 0.667. The summed E-state index contributed by atoms with van der Waals surface area (Å²) < 4.78 is 12.2. The summed E-state index contributed by atoms with van der Waals surface area (Å²) in [6.07, 6.45) is 1.93. The molecule has 40 valence electrons. The number of alkyl halides is 1. The lowest BCUT2D eigenvalue weighted by Crippen LogP contribution is -1.90. The molecule has 0 bridgehead atoms. The lowest BCUT2D eigenvalue weighted by atomic mass is 10.2. The summed E-state index contributed by atoms with van der Waals surface area (Å²) in [5.41, 5.74) is 0.792. The topological polar surface area (TPSA) is 0 Å². The second kappa shape index (κ2) is 1.65. The van der Waals surface area contributed by atoms with Gasteiger partial charge in [0, 0.05) is 0 Å². The molecule has 0 aliphatic heterocycles. The highest BCUT2D eigenvalue weighted by molar-refractivity contribution is 5.06. The van der Waals surface area contributed by atoms with Gasteiger partial charge in [0.1, 0.15) is 6.17 Å². The van der Waals surface area contributed by atoms with E-state index in [1.807, 2.05) is 0 Å². The first-order chi connectivity index (χ1) is 3.30. The van der Waals surface area contributed by atoms with E-state index in [1.165, 1.54) is 0 Å². The Balaban J connectivity index is 2.48. The lowest BCUT2D eigenvalue weighted by molar-refractivity contribution is 0.390. The molecule has 1 rings (SSSR count). The summed E-state index contributed by atoms with van der Waals surface area (Å²) in [6.45, 7) is 3.56. The van der Waals surface area contributed by atoms with Gasteiger partial charge in [-0.15, -0.1) is 0 Å². The minimum Gasteiger partial charge on any atom is -0.243 e. The van der Waals surface area contributed by atoms with Crippen molar-refractivity contribution in [2.75, 3.05) is 0 Å². The summed E-state index contributed by atoms with van der Waals surface area (Å²) >= 11 is 0. The summed E-state index contributed by atoms with van der Waals surface area (Å²) in [4.78, 5) is 0. The number of halogens is 1. The SMILES string of the molecule is C=C1CCCC1F. The predicted octanol–water partition coefficient (Wildman–Crippen LogP) is 2.06. The molecule has 0 radical (unpaired) electrons. The van der Waals surface area contributed by atoms with Gasteiger partial charge in [-0.3, -0.25) is 0 Å². The van der Waals surface area contributed by atoms with Crippen molar-refractivity contribution in [3.05, 3.63) is 12.2 Å². The Hall–Kier alpha value is -0.330. The third kappa shape index (κ3) is 0.817. The Kier molecular flexibility index (Phi) is 1.13. The van der Waals surface area contributed by atoms with Gasteiger partial charge in [0.2, 0.25) is 0 Å². The molecule has 1 unspecified atom stereocenters. The fourth-order valence-electron chi connectivity index (χ4n) is 0.869. The minimum absolute atomic E-state index is 0.681. The van der Waals surface area contributed by atoms with Gasteiger partial charge in [-0.05, 0) is 24.8 Å². The summed E-state index contributed by atoms with van der Waals surface area (Å²) in [7, 11) is 0. The zero-order valence-corrected chi connectivity index (χ0v) is 4.28. The van der Waals surface area contributed by atoms with Crippen LogP contribution in [0.25, 0.3) is 0 Å². The summed E-state index contributed by atoms with van der Waals surface area (Å²) in [6, 6.07) is 0. The number of allylic oxidation sites excluding steroid dienone is 1. The molecule has 0 aromatic rings. The van der Waals surface area contributed by atoms with Crippen LogP contribution in [0.4, 0.5) is 4.39 Å². The zero-order valence-electron chi connectivity index (χ0n) is 4.28. The quantitative estimate of drug-likeness (QED) is 0.409. The Bertz CT molecular complexity index is 86.2. The maximum absolute atomic E-state index is 12.2. The largest absolute Gasteiger partial charge is 0.243 e. The molecule has 1 saturated carbocycles. The monoisotopic (exact) mass is 100 g/mol. The molecule has 7 heavy (non-hydrogen) atoms. The highest BCUT2D eigenvalue weighted by Crippen LogP contribution is 2.25. The first-order valence-electron chi connectivity index (χ1n) is 2.62. The molecular formula is C6H9F. The summed E-state index contributed by atoms with van der Waals surface area (Å²) in [5, 5.41) is 0. The van der Waals surface area contributed by atoms with Gasteiger partial charge in [0.05, 0.1) is 0 Å². The normalized spacial score (nSPS) is 31.6. The Morgan fingerprint density at radius 1 is 1.71 bits per heavy atom. The van der Waals surface area contributed by atoms with Crippen LogP contribution in [0.15, 0.2) is 12.2 Å². The number of rotatable bonds is 0. The second-order valence-electron chi connectivity index (χ2n) is 2.02. The van der Waals surface area contributed by atoms with Crippen LogP contribution in [0.5, 0.6) is 0 Å². The van der Waals surface area contributed by atoms with E-state index in [4.69, 9.17) is 0 Å². The lowest BCUT2D eigenvalue weighted by Gasteiger charge is -1.92. The molecular weight excluding hydrogens is 91.1 g/mol. The van der Waals surface area contributed by atoms with E-state index in [2.05, 4.69) is 6.58 Å². The molecule has 1 aliphatic rings. The van der Waals surface area contributed by atoms with E-state index < -0.39 is 6.17 Å². The van der Waals surface area contributed by atoms with Crippen molar-refractivity contribution in [3.8, 4) is 0 Å². The Morgan fingerprint density at radius 3 is 2.57 bits per heavy atom. The fourth-order valence-corrected chi connectivity index (χ4v) is 0.869. The van der Waals surface area contributed by atoms with Gasteiger partial charge in [-0.2, -0.15) is 0 Å². The molecule has 0 spiro atoms. The molecule has 0 amide bonds. The van der Waals surface area contributed by atoms with Gasteiger partial charge in [-0.25, -0.2) is 4.39 Å². The van der Waals surface area contributed by atoms with E-state index in [-0.39, 0.29) is 0 Å². The average molecular weight is 100 g/mol. The molecule has 0 nitrogen and oxygen atoms in total. The van der Waals surface area contributed by atoms with Crippen LogP contribution in [0, 0.1) is 0 Å².